The van der Waals surface area contributed by atoms with E-state index in [0.717, 1.165) is 36.2 Å². The number of piperidine rings is 3. The number of carbonyl (C=O) groups is 4. The van der Waals surface area contributed by atoms with E-state index in [1.165, 1.54) is 84.7 Å². The lowest BCUT2D eigenvalue weighted by molar-refractivity contribution is 0.00937. The van der Waals surface area contributed by atoms with Crippen LogP contribution in [0.15, 0.2) is 235 Å². The second kappa shape index (κ2) is 58.8. The van der Waals surface area contributed by atoms with E-state index in [1.807, 2.05) is 41.5 Å². The third kappa shape index (κ3) is 40.6. The molecule has 0 radical (unpaired) electrons. The van der Waals surface area contributed by atoms with Gasteiger partial charge < -0.3 is 64.6 Å². The van der Waals surface area contributed by atoms with E-state index in [2.05, 4.69) is 164 Å². The zero-order chi connectivity index (χ0) is 109. The predicted molar refractivity (Wildman–Crippen MR) is 552 cm³/mol. The fourth-order valence-electron chi connectivity index (χ4n) is 13.2. The van der Waals surface area contributed by atoms with Crippen LogP contribution in [-0.2, 0) is 35.1 Å². The maximum atomic E-state index is 14.3. The van der Waals surface area contributed by atoms with Crippen molar-refractivity contribution < 1.29 is 100 Å². The second-order valence-electron chi connectivity index (χ2n) is 33.3. The molecule has 0 bridgehead atoms. The largest absolute Gasteiger partial charge is 0.488 e. The first kappa shape index (κ1) is 116. The molecule has 12 heterocycles. The number of nitrogens with zero attached hydrogens (tertiary/aromatic N) is 13. The predicted octanol–water partition coefficient (Wildman–Crippen LogP) is 13.6. The quantitative estimate of drug-likeness (QED) is 0.0206. The number of alkyl halides is 2. The molecular formula is C107H106F2N18O20S3. The Bertz CT molecular complexity index is 6990. The molecule has 3 aliphatic heterocycles. The Morgan fingerprint density at radius 1 is 0.413 bits per heavy atom. The highest BCUT2D eigenvalue weighted by Gasteiger charge is 2.34. The van der Waals surface area contributed by atoms with Crippen LogP contribution in [0.4, 0.5) is 13.6 Å². The molecule has 43 heteroatoms. The van der Waals surface area contributed by atoms with Crippen LogP contribution in [0.3, 0.4) is 0 Å². The molecule has 15 rings (SSSR count). The molecule has 3 saturated heterocycles. The molecule has 0 aliphatic carbocycles. The maximum Gasteiger partial charge on any atom is 0.410 e. The summed E-state index contributed by atoms with van der Waals surface area (Å²) in [6, 6.07) is 33.0. The molecule has 0 saturated carbocycles. The molecule has 150 heavy (non-hydrogen) atoms. The van der Waals surface area contributed by atoms with E-state index < -0.39 is 66.3 Å². The Balaban J connectivity index is 0.000000206. The van der Waals surface area contributed by atoms with Crippen LogP contribution in [0.1, 0.15) is 115 Å². The van der Waals surface area contributed by atoms with E-state index in [1.54, 1.807) is 161 Å². The highest BCUT2D eigenvalue weighted by atomic mass is 32.2. The molecule has 8 N–H and O–H groups in total. The summed E-state index contributed by atoms with van der Waals surface area (Å²) in [7, 11) is -12.1. The molecule has 9 aromatic heterocycles. The number of hydrogen-bond acceptors (Lipinski definition) is 31. The number of terminal acetylenes is 2. The van der Waals surface area contributed by atoms with Crippen molar-refractivity contribution in [3.05, 3.63) is 254 Å². The van der Waals surface area contributed by atoms with Crippen LogP contribution in [-0.4, -0.2) is 223 Å². The lowest BCUT2D eigenvalue weighted by atomic mass is 9.97. The highest BCUT2D eigenvalue weighted by molar-refractivity contribution is 7.86. The number of pyridine rings is 6. The van der Waals surface area contributed by atoms with Crippen LogP contribution in [0.2, 0.25) is 0 Å². The molecule has 12 aromatic rings. The van der Waals surface area contributed by atoms with Gasteiger partial charge in [-0.2, -0.15) is 25.3 Å². The number of benzene rings is 3. The number of hydrogen-bond donors (Lipinski definition) is 8. The average molecular weight is 2100 g/mol. The summed E-state index contributed by atoms with van der Waals surface area (Å²) in [5, 5.41) is 14.9. The second-order valence-corrected chi connectivity index (χ2v) is 37.5. The Kier molecular flexibility index (Phi) is 45.5. The SMILES string of the molecule is C#CC#CC#CC#CC#CC#CC#C.CCOc1cccnc1Oc1cncc(-c2ncc(C(=O)N[C@@H]3CNC[C@@H](C)C3)cn2)c1.CCOc1cccnc1Oc1cncc(-c2ncc(C(=O)N[C@@H]3CNC[C@@H](F)C3)cn2)c1.CCOc1cccnc1Oc1cncc(-c2ncc(C(=O)N[C@H]3C[C@H](F)CN(C(=O)OC(C)(C)C)C3)cn2)c1.Cc1ccc(S(=O)(=O)O)cc1.Cc1ccc(S(=O)(=O)O)cc1.Cc1ccc(S(=O)(=O)O)cc1. The van der Waals surface area contributed by atoms with E-state index in [4.69, 9.17) is 59.7 Å². The summed E-state index contributed by atoms with van der Waals surface area (Å²) in [6.07, 6.45) is 31.1. The van der Waals surface area contributed by atoms with Crippen LogP contribution in [0.25, 0.3) is 34.2 Å². The van der Waals surface area contributed by atoms with Gasteiger partial charge in [-0.05, 0) is 243 Å². The summed E-state index contributed by atoms with van der Waals surface area (Å²) in [5.74, 6) is 32.9. The van der Waals surface area contributed by atoms with Crippen molar-refractivity contribution in [2.45, 2.75) is 139 Å². The van der Waals surface area contributed by atoms with Gasteiger partial charge in [-0.15, -0.1) is 12.8 Å². The molecule has 4 amide bonds. The summed E-state index contributed by atoms with van der Waals surface area (Å²) in [4.78, 5) is 102. The Morgan fingerprint density at radius 3 is 1.02 bits per heavy atom. The van der Waals surface area contributed by atoms with Crippen LogP contribution < -0.4 is 55.0 Å². The lowest BCUT2D eigenvalue weighted by Gasteiger charge is -2.36. The average Bonchev–Trinajstić information content (AvgIpc) is 0.834. The molecule has 3 aliphatic rings. The van der Waals surface area contributed by atoms with Gasteiger partial charge in [0.2, 0.25) is 0 Å². The molecular weight excluding hydrogens is 1990 g/mol. The van der Waals surface area contributed by atoms with Crippen LogP contribution >= 0.6 is 0 Å². The van der Waals surface area contributed by atoms with E-state index in [0.29, 0.717) is 136 Å². The zero-order valence-electron chi connectivity index (χ0n) is 83.0. The summed E-state index contributed by atoms with van der Waals surface area (Å²) in [6.45, 7) is 22.7. The zero-order valence-corrected chi connectivity index (χ0v) is 85.4. The number of aryl methyl sites for hydroxylation is 3. The van der Waals surface area contributed by atoms with E-state index in [-0.39, 0.29) is 70.1 Å². The minimum absolute atomic E-state index is 0.0666. The van der Waals surface area contributed by atoms with E-state index >= 15 is 0 Å². The molecule has 6 atom stereocenters. The number of carbonyl (C=O) groups excluding carboxylic acids is 4. The van der Waals surface area contributed by atoms with Crippen LogP contribution in [0, 0.1) is 111 Å². The van der Waals surface area contributed by atoms with Gasteiger partial charge in [0.15, 0.2) is 34.7 Å². The number of rotatable bonds is 24. The topological polar surface area (TPSA) is 514 Å². The van der Waals surface area contributed by atoms with Gasteiger partial charge in [0.1, 0.15) is 35.2 Å². The van der Waals surface area contributed by atoms with E-state index in [9.17, 15) is 53.2 Å². The first-order valence-corrected chi connectivity index (χ1v) is 50.3. The molecule has 776 valence electrons. The van der Waals surface area contributed by atoms with Crippen molar-refractivity contribution in [3.8, 4) is 170 Å². The number of ether oxygens (including phenoxy) is 7. The number of amides is 4. The number of aromatic nitrogens is 12. The molecule has 38 nitrogen and oxygen atoms in total. The van der Waals surface area contributed by atoms with Crippen molar-refractivity contribution in [3.63, 3.8) is 0 Å². The Morgan fingerprint density at radius 2 is 0.720 bits per heavy atom. The van der Waals surface area contributed by atoms with Gasteiger partial charge in [0, 0.05) is 148 Å². The van der Waals surface area contributed by atoms with Gasteiger partial charge in [0.05, 0.1) is 76.3 Å². The molecule has 3 fully saturated rings. The third-order valence-electron chi connectivity index (χ3n) is 20.0. The molecule has 0 spiro atoms. The van der Waals surface area contributed by atoms with Gasteiger partial charge in [-0.25, -0.2) is 58.4 Å². The highest BCUT2D eigenvalue weighted by Crippen LogP contribution is 2.35. The smallest absolute Gasteiger partial charge is 0.410 e. The number of nitrogens with one attached hydrogen (secondary N) is 5. The fourth-order valence-corrected chi connectivity index (χ4v) is 14.6. The third-order valence-corrected chi connectivity index (χ3v) is 22.6. The minimum atomic E-state index is -4.02. The van der Waals surface area contributed by atoms with Crippen molar-refractivity contribution in [2.75, 3.05) is 59.1 Å². The maximum absolute atomic E-state index is 14.3. The van der Waals surface area contributed by atoms with Crippen molar-refractivity contribution in [2.24, 2.45) is 5.92 Å². The fraction of sp³-hybridized carbons (Fsp3) is 0.271. The normalized spacial score (nSPS) is 15.1. The first-order chi connectivity index (χ1) is 71.8. The first-order valence-electron chi connectivity index (χ1n) is 46.0. The standard InChI is InChI=1S/C27H31FN6O5.C23H26N6O3.C22H23FN6O3.C14H2.3C7H8O3S/c1-5-37-22-7-6-8-30-25(22)38-21-9-17(11-29-14-21)23-31-12-18(13-32-23)24(35)33-20-10-19(28)15-34(16-20)26(36)39-27(2,3)4;1-3-31-20-5-4-6-26-23(20)32-19-8-16(10-25-14-19)21-27-11-17(12-28-21)22(30)29-18-7-15(2)9-24-13-18;1-2-31-19-4-3-5-26-22(19)32-18-6-14(8-24-13-18)20-27-9-15(10-28-20)21(30)29-17-7-16(23)11-25-12-17;1-3-5-7-9-11-13-14-12-10-8-6-4-2;3*1-6-2-4-7(5-3-6)11(8,9)10/h6-9,11-14,19-20H,5,10,15-16H2,1-4H3,(H,33,35);4-6,8,10-12,14-15,18,24H,3,7,9,13H2,1-2H3,(H,29,30);3-6,8-10,13,16-17,25H,2,7,11-12H2,1H3,(H,29,30);1-2H;3*2-5H,1H3,(H,8,9,10)/t19-,20-;15-,18-;16-,17-;;;;/m000..../s1. The summed E-state index contributed by atoms with van der Waals surface area (Å²) < 4.78 is 156. The summed E-state index contributed by atoms with van der Waals surface area (Å²) in [5.41, 5.74) is 4.91. The Labute approximate surface area is 868 Å². The number of likely N-dealkylation sites (tertiary alicyclic amines) is 1. The van der Waals surface area contributed by atoms with Crippen molar-refractivity contribution in [1.82, 2.24) is 91.3 Å². The number of halogens is 2. The van der Waals surface area contributed by atoms with Crippen molar-refractivity contribution >= 4 is 54.2 Å². The lowest BCUT2D eigenvalue weighted by Crippen LogP contribution is -2.54. The van der Waals surface area contributed by atoms with Crippen LogP contribution in [0.5, 0.6) is 52.1 Å². The minimum Gasteiger partial charge on any atom is -0.488 e. The summed E-state index contributed by atoms with van der Waals surface area (Å²) >= 11 is 0. The monoisotopic (exact) mass is 2100 g/mol. The van der Waals surface area contributed by atoms with Gasteiger partial charge in [-0.1, -0.05) is 60.0 Å². The van der Waals surface area contributed by atoms with Gasteiger partial charge in [-0.3, -0.25) is 43.0 Å². The molecule has 0 unspecified atom stereocenters. The molecule has 3 aromatic carbocycles. The van der Waals surface area contributed by atoms with Gasteiger partial charge in [0.25, 0.3) is 65.7 Å². The van der Waals surface area contributed by atoms with Gasteiger partial charge >= 0.3 is 6.09 Å². The Hall–Kier alpha value is -17.3. The van der Waals surface area contributed by atoms with Crippen molar-refractivity contribution in [1.29, 1.82) is 0 Å².